The van der Waals surface area contributed by atoms with Crippen LogP contribution in [0.1, 0.15) is 34.6 Å². The molecule has 3 aromatic rings. The normalized spacial score (nSPS) is 13.5. The van der Waals surface area contributed by atoms with Gasteiger partial charge in [-0.15, -0.1) is 0 Å². The summed E-state index contributed by atoms with van der Waals surface area (Å²) in [4.78, 5) is 49.8. The van der Waals surface area contributed by atoms with Gasteiger partial charge in [0.2, 0.25) is 17.2 Å². The Labute approximate surface area is 178 Å². The monoisotopic (exact) mass is 416 g/mol. The third-order valence-corrected chi connectivity index (χ3v) is 5.03. The molecule has 0 saturated carbocycles. The van der Waals surface area contributed by atoms with E-state index in [-0.39, 0.29) is 36.9 Å². The molecular weight excluding hydrogens is 396 g/mol. The second kappa shape index (κ2) is 8.35. The third-order valence-electron chi connectivity index (χ3n) is 5.03. The van der Waals surface area contributed by atoms with Gasteiger partial charge in [-0.1, -0.05) is 30.3 Å². The van der Waals surface area contributed by atoms with Gasteiger partial charge >= 0.3 is 0 Å². The van der Waals surface area contributed by atoms with Crippen LogP contribution in [0.15, 0.2) is 65.5 Å². The molecule has 0 unspecified atom stereocenters. The van der Waals surface area contributed by atoms with Crippen LogP contribution in [0.25, 0.3) is 5.69 Å². The Morgan fingerprint density at radius 2 is 1.61 bits per heavy atom. The minimum atomic E-state index is -0.618. The van der Waals surface area contributed by atoms with Crippen LogP contribution in [0.2, 0.25) is 0 Å². The van der Waals surface area contributed by atoms with E-state index in [1.807, 2.05) is 30.3 Å². The van der Waals surface area contributed by atoms with Crippen LogP contribution in [0.3, 0.4) is 0 Å². The Balaban J connectivity index is 1.51. The van der Waals surface area contributed by atoms with E-state index in [2.05, 4.69) is 10.4 Å². The highest BCUT2D eigenvalue weighted by atomic mass is 16.2. The zero-order valence-corrected chi connectivity index (χ0v) is 16.9. The summed E-state index contributed by atoms with van der Waals surface area (Å²) in [5.41, 5.74) is 1.91. The SMILES string of the molecule is Cc1cc(=O)c(C(=O)Nc2ccc(CN3C(=O)CCC3=O)cc2)nn1-c1ccccc1. The van der Waals surface area contributed by atoms with Crippen LogP contribution in [-0.2, 0) is 16.1 Å². The number of para-hydroxylation sites is 1. The second-order valence-corrected chi connectivity index (χ2v) is 7.27. The summed E-state index contributed by atoms with van der Waals surface area (Å²) in [5, 5.41) is 6.92. The Morgan fingerprint density at radius 3 is 2.26 bits per heavy atom. The number of aromatic nitrogens is 2. The number of hydrogen-bond acceptors (Lipinski definition) is 5. The number of anilines is 1. The van der Waals surface area contributed by atoms with E-state index in [4.69, 9.17) is 0 Å². The van der Waals surface area contributed by atoms with Crippen molar-refractivity contribution in [3.8, 4) is 5.69 Å². The number of amides is 3. The molecule has 3 amide bonds. The lowest BCUT2D eigenvalue weighted by molar-refractivity contribution is -0.139. The molecule has 0 aliphatic carbocycles. The van der Waals surface area contributed by atoms with Crippen molar-refractivity contribution in [1.29, 1.82) is 0 Å². The number of benzene rings is 2. The predicted octanol–water partition coefficient (Wildman–Crippen LogP) is 2.44. The highest BCUT2D eigenvalue weighted by Gasteiger charge is 2.28. The van der Waals surface area contributed by atoms with Gasteiger partial charge in [0.05, 0.1) is 12.2 Å². The summed E-state index contributed by atoms with van der Waals surface area (Å²) in [6.45, 7) is 1.95. The molecule has 1 N–H and O–H groups in total. The van der Waals surface area contributed by atoms with E-state index < -0.39 is 11.3 Å². The van der Waals surface area contributed by atoms with Gasteiger partial charge < -0.3 is 5.32 Å². The van der Waals surface area contributed by atoms with Crippen LogP contribution in [0.5, 0.6) is 0 Å². The van der Waals surface area contributed by atoms with Crippen molar-refractivity contribution in [2.45, 2.75) is 26.3 Å². The van der Waals surface area contributed by atoms with Crippen LogP contribution < -0.4 is 10.7 Å². The summed E-state index contributed by atoms with van der Waals surface area (Å²) < 4.78 is 1.55. The second-order valence-electron chi connectivity index (χ2n) is 7.27. The molecule has 1 fully saturated rings. The lowest BCUT2D eigenvalue weighted by atomic mass is 10.2. The molecule has 0 bridgehead atoms. The average molecular weight is 416 g/mol. The van der Waals surface area contributed by atoms with E-state index in [0.29, 0.717) is 11.4 Å². The number of carbonyl (C=O) groups is 3. The van der Waals surface area contributed by atoms with Crippen molar-refractivity contribution < 1.29 is 14.4 Å². The number of carbonyl (C=O) groups excluding carboxylic acids is 3. The van der Waals surface area contributed by atoms with Crippen LogP contribution >= 0.6 is 0 Å². The van der Waals surface area contributed by atoms with Crippen LogP contribution in [0.4, 0.5) is 5.69 Å². The van der Waals surface area contributed by atoms with Gasteiger partial charge in [0, 0.05) is 30.3 Å². The molecule has 156 valence electrons. The molecule has 1 aliphatic heterocycles. The number of nitrogens with zero attached hydrogens (tertiary/aromatic N) is 3. The number of rotatable bonds is 5. The predicted molar refractivity (Wildman–Crippen MR) is 114 cm³/mol. The average Bonchev–Trinajstić information content (AvgIpc) is 3.07. The molecule has 1 aromatic heterocycles. The van der Waals surface area contributed by atoms with Gasteiger partial charge in [0.1, 0.15) is 0 Å². The lowest BCUT2D eigenvalue weighted by Crippen LogP contribution is -2.28. The van der Waals surface area contributed by atoms with Crippen molar-refractivity contribution in [2.75, 3.05) is 5.32 Å². The molecule has 2 aromatic carbocycles. The maximum atomic E-state index is 12.7. The highest BCUT2D eigenvalue weighted by Crippen LogP contribution is 2.18. The first kappa shape index (κ1) is 20.2. The first-order chi connectivity index (χ1) is 14.9. The molecular formula is C23H20N4O4. The summed E-state index contributed by atoms with van der Waals surface area (Å²) in [5.74, 6) is -0.975. The number of nitrogens with one attached hydrogen (secondary N) is 1. The molecule has 0 atom stereocenters. The quantitative estimate of drug-likeness (QED) is 0.644. The highest BCUT2D eigenvalue weighted by molar-refractivity contribution is 6.03. The Morgan fingerprint density at radius 1 is 0.968 bits per heavy atom. The zero-order valence-electron chi connectivity index (χ0n) is 16.9. The fraction of sp³-hybridized carbons (Fsp3) is 0.174. The first-order valence-corrected chi connectivity index (χ1v) is 9.82. The van der Waals surface area contributed by atoms with Crippen molar-refractivity contribution in [1.82, 2.24) is 14.7 Å². The van der Waals surface area contributed by atoms with Crippen LogP contribution in [-0.4, -0.2) is 32.4 Å². The molecule has 31 heavy (non-hydrogen) atoms. The zero-order chi connectivity index (χ0) is 22.0. The largest absolute Gasteiger partial charge is 0.320 e. The van der Waals surface area contributed by atoms with Crippen molar-refractivity contribution in [3.05, 3.63) is 87.8 Å². The van der Waals surface area contributed by atoms with Gasteiger partial charge in [-0.3, -0.25) is 24.1 Å². The Kier molecular flexibility index (Phi) is 5.44. The van der Waals surface area contributed by atoms with Gasteiger partial charge in [-0.25, -0.2) is 4.68 Å². The fourth-order valence-corrected chi connectivity index (χ4v) is 3.40. The summed E-state index contributed by atoms with van der Waals surface area (Å²) in [6.07, 6.45) is 0.494. The molecule has 8 nitrogen and oxygen atoms in total. The van der Waals surface area contributed by atoms with E-state index in [1.165, 1.54) is 11.0 Å². The first-order valence-electron chi connectivity index (χ1n) is 9.82. The lowest BCUT2D eigenvalue weighted by Gasteiger charge is -2.14. The molecule has 1 aliphatic rings. The number of likely N-dealkylation sites (tertiary alicyclic amines) is 1. The van der Waals surface area contributed by atoms with E-state index >= 15 is 0 Å². The summed E-state index contributed by atoms with van der Waals surface area (Å²) >= 11 is 0. The van der Waals surface area contributed by atoms with Crippen molar-refractivity contribution in [3.63, 3.8) is 0 Å². The molecule has 1 saturated heterocycles. The number of aryl methyl sites for hydroxylation is 1. The molecule has 4 rings (SSSR count). The van der Waals surface area contributed by atoms with Crippen LogP contribution in [0, 0.1) is 6.92 Å². The summed E-state index contributed by atoms with van der Waals surface area (Å²) in [6, 6.07) is 17.4. The minimum absolute atomic E-state index is 0.178. The van der Waals surface area contributed by atoms with E-state index in [1.54, 1.807) is 35.9 Å². The van der Waals surface area contributed by atoms with Gasteiger partial charge in [-0.05, 0) is 36.8 Å². The van der Waals surface area contributed by atoms with E-state index in [0.717, 1.165) is 11.3 Å². The minimum Gasteiger partial charge on any atom is -0.320 e. The van der Waals surface area contributed by atoms with E-state index in [9.17, 15) is 19.2 Å². The molecule has 0 radical (unpaired) electrons. The Bertz CT molecular complexity index is 1200. The van der Waals surface area contributed by atoms with Gasteiger partial charge in [0.15, 0.2) is 5.69 Å². The smallest absolute Gasteiger partial charge is 0.280 e. The molecule has 8 heteroatoms. The van der Waals surface area contributed by atoms with Gasteiger partial charge in [0.25, 0.3) is 5.91 Å². The molecule has 2 heterocycles. The Hall–Kier alpha value is -4.07. The standard InChI is InChI=1S/C23H20N4O4/c1-15-13-19(28)22(25-27(15)18-5-3-2-4-6-18)23(31)24-17-9-7-16(8-10-17)14-26-20(29)11-12-21(26)30/h2-10,13H,11-12,14H2,1H3,(H,24,31). The maximum Gasteiger partial charge on any atom is 0.280 e. The van der Waals surface area contributed by atoms with Crippen molar-refractivity contribution >= 4 is 23.4 Å². The maximum absolute atomic E-state index is 12.7. The van der Waals surface area contributed by atoms with Crippen molar-refractivity contribution in [2.24, 2.45) is 0 Å². The fourth-order valence-electron chi connectivity index (χ4n) is 3.40. The molecule has 0 spiro atoms. The summed E-state index contributed by atoms with van der Waals surface area (Å²) in [7, 11) is 0. The van der Waals surface area contributed by atoms with Gasteiger partial charge in [-0.2, -0.15) is 5.10 Å². The number of imide groups is 1. The third kappa shape index (κ3) is 4.28. The topological polar surface area (TPSA) is 101 Å². The number of hydrogen-bond donors (Lipinski definition) is 1.